The number of alkyl halides is 3. The maximum absolute atomic E-state index is 13.3. The summed E-state index contributed by atoms with van der Waals surface area (Å²) in [5, 5.41) is 4.47. The van der Waals surface area contributed by atoms with Crippen LogP contribution < -0.4 is 21.1 Å². The van der Waals surface area contributed by atoms with Gasteiger partial charge in [-0.25, -0.2) is 4.39 Å². The molecule has 26 heavy (non-hydrogen) atoms. The van der Waals surface area contributed by atoms with Gasteiger partial charge >= 0.3 is 6.18 Å². The van der Waals surface area contributed by atoms with Crippen LogP contribution in [0.25, 0.3) is 0 Å². The van der Waals surface area contributed by atoms with Gasteiger partial charge in [-0.1, -0.05) is 13.8 Å². The summed E-state index contributed by atoms with van der Waals surface area (Å²) in [4.78, 5) is 23.5. The standard InChI is InChI=1S/C15H19F4N3O3.ClH/c1-8(2)13(20)14(24)21-6-12(23)22-10-5-9(16)3-4-11(10)25-7-15(17,18)19;/h3-5,8,13H,6-7,20H2,1-2H3,(H,21,24)(H,22,23);1H/t13-;/m0./s1. The van der Waals surface area contributed by atoms with Crippen molar-refractivity contribution in [1.29, 1.82) is 0 Å². The van der Waals surface area contributed by atoms with Crippen molar-refractivity contribution in [3.8, 4) is 5.75 Å². The summed E-state index contributed by atoms with van der Waals surface area (Å²) < 4.78 is 54.5. The molecule has 1 atom stereocenters. The van der Waals surface area contributed by atoms with Gasteiger partial charge in [0, 0.05) is 6.07 Å². The molecule has 1 aromatic carbocycles. The van der Waals surface area contributed by atoms with E-state index in [1.165, 1.54) is 0 Å². The Morgan fingerprint density at radius 2 is 1.88 bits per heavy atom. The first-order valence-corrected chi connectivity index (χ1v) is 7.32. The van der Waals surface area contributed by atoms with Crippen LogP contribution in [0.2, 0.25) is 0 Å². The number of rotatable bonds is 7. The molecule has 0 bridgehead atoms. The van der Waals surface area contributed by atoms with Gasteiger partial charge in [-0.3, -0.25) is 9.59 Å². The molecule has 0 aliphatic rings. The monoisotopic (exact) mass is 401 g/mol. The number of nitrogens with two attached hydrogens (primary N) is 1. The van der Waals surface area contributed by atoms with Crippen molar-refractivity contribution in [2.24, 2.45) is 11.7 Å². The van der Waals surface area contributed by atoms with Crippen LogP contribution in [-0.4, -0.2) is 37.2 Å². The molecular weight excluding hydrogens is 382 g/mol. The van der Waals surface area contributed by atoms with Crippen LogP contribution in [0, 0.1) is 11.7 Å². The van der Waals surface area contributed by atoms with Crippen LogP contribution >= 0.6 is 12.4 Å². The molecule has 0 fully saturated rings. The number of halogens is 5. The molecule has 0 saturated carbocycles. The van der Waals surface area contributed by atoms with Gasteiger partial charge in [-0.2, -0.15) is 13.2 Å². The Bertz CT molecular complexity index is 627. The molecule has 6 nitrogen and oxygen atoms in total. The van der Waals surface area contributed by atoms with Gasteiger partial charge < -0.3 is 21.1 Å². The van der Waals surface area contributed by atoms with Gasteiger partial charge in [0.15, 0.2) is 6.61 Å². The van der Waals surface area contributed by atoms with Crippen molar-refractivity contribution in [1.82, 2.24) is 5.32 Å². The summed E-state index contributed by atoms with van der Waals surface area (Å²) in [6, 6.07) is 1.85. The summed E-state index contributed by atoms with van der Waals surface area (Å²) in [6.07, 6.45) is -4.59. The third-order valence-electron chi connectivity index (χ3n) is 3.05. The fraction of sp³-hybridized carbons (Fsp3) is 0.467. The molecule has 0 spiro atoms. The zero-order chi connectivity index (χ0) is 19.2. The van der Waals surface area contributed by atoms with E-state index in [-0.39, 0.29) is 29.8 Å². The maximum atomic E-state index is 13.3. The summed E-state index contributed by atoms with van der Waals surface area (Å²) in [5.74, 6) is -2.60. The van der Waals surface area contributed by atoms with Crippen molar-refractivity contribution in [2.75, 3.05) is 18.5 Å². The van der Waals surface area contributed by atoms with E-state index in [2.05, 4.69) is 15.4 Å². The number of carbonyl (C=O) groups is 2. The van der Waals surface area contributed by atoms with Crippen molar-refractivity contribution in [3.05, 3.63) is 24.0 Å². The second-order valence-corrected chi connectivity index (χ2v) is 5.58. The predicted molar refractivity (Wildman–Crippen MR) is 89.7 cm³/mol. The summed E-state index contributed by atoms with van der Waals surface area (Å²) in [7, 11) is 0. The lowest BCUT2D eigenvalue weighted by Crippen LogP contribution is -2.46. The number of amides is 2. The van der Waals surface area contributed by atoms with E-state index < -0.39 is 43.0 Å². The smallest absolute Gasteiger partial charge is 0.422 e. The van der Waals surface area contributed by atoms with Crippen LogP contribution in [0.3, 0.4) is 0 Å². The molecule has 4 N–H and O–H groups in total. The largest absolute Gasteiger partial charge is 0.482 e. The lowest BCUT2D eigenvalue weighted by molar-refractivity contribution is -0.153. The molecule has 11 heteroatoms. The fourth-order valence-corrected chi connectivity index (χ4v) is 1.67. The van der Waals surface area contributed by atoms with Crippen LogP contribution in [0.5, 0.6) is 5.75 Å². The van der Waals surface area contributed by atoms with E-state index in [1.807, 2.05) is 0 Å². The van der Waals surface area contributed by atoms with Crippen LogP contribution in [0.4, 0.5) is 23.2 Å². The number of benzene rings is 1. The third-order valence-corrected chi connectivity index (χ3v) is 3.05. The Morgan fingerprint density at radius 1 is 1.27 bits per heavy atom. The molecule has 1 aromatic rings. The van der Waals surface area contributed by atoms with E-state index in [4.69, 9.17) is 5.73 Å². The van der Waals surface area contributed by atoms with Crippen LogP contribution in [0.1, 0.15) is 13.8 Å². The van der Waals surface area contributed by atoms with Crippen molar-refractivity contribution >= 4 is 29.9 Å². The number of ether oxygens (including phenoxy) is 1. The van der Waals surface area contributed by atoms with Crippen LogP contribution in [-0.2, 0) is 9.59 Å². The van der Waals surface area contributed by atoms with Gasteiger partial charge in [0.25, 0.3) is 0 Å². The minimum absolute atomic E-state index is 0. The minimum atomic E-state index is -4.59. The lowest BCUT2D eigenvalue weighted by Gasteiger charge is -2.16. The molecule has 0 heterocycles. The molecular formula is C15H20ClF4N3O3. The minimum Gasteiger partial charge on any atom is -0.482 e. The number of hydrogen-bond donors (Lipinski definition) is 3. The van der Waals surface area contributed by atoms with Gasteiger partial charge in [0.2, 0.25) is 11.8 Å². The normalized spacial score (nSPS) is 12.2. The summed E-state index contributed by atoms with van der Waals surface area (Å²) in [6.45, 7) is 1.37. The first kappa shape index (κ1) is 23.9. The van der Waals surface area contributed by atoms with Crippen molar-refractivity contribution in [2.45, 2.75) is 26.1 Å². The second kappa shape index (κ2) is 10.2. The fourth-order valence-electron chi connectivity index (χ4n) is 1.67. The summed E-state index contributed by atoms with van der Waals surface area (Å²) >= 11 is 0. The molecule has 0 aliphatic carbocycles. The Morgan fingerprint density at radius 3 is 2.42 bits per heavy atom. The Hall–Kier alpha value is -2.07. The van der Waals surface area contributed by atoms with Gasteiger partial charge in [0.05, 0.1) is 18.3 Å². The van der Waals surface area contributed by atoms with E-state index in [0.29, 0.717) is 0 Å². The Labute approximate surface area is 153 Å². The molecule has 0 unspecified atom stereocenters. The first-order valence-electron chi connectivity index (χ1n) is 7.32. The zero-order valence-electron chi connectivity index (χ0n) is 14.0. The first-order chi connectivity index (χ1) is 11.5. The van der Waals surface area contributed by atoms with Gasteiger partial charge in [0.1, 0.15) is 11.6 Å². The average Bonchev–Trinajstić information content (AvgIpc) is 2.50. The predicted octanol–water partition coefficient (Wildman–Crippen LogP) is 2.23. The summed E-state index contributed by atoms with van der Waals surface area (Å²) in [5.41, 5.74) is 5.32. The molecule has 0 aromatic heterocycles. The highest BCUT2D eigenvalue weighted by Crippen LogP contribution is 2.27. The van der Waals surface area contributed by atoms with Crippen LogP contribution in [0.15, 0.2) is 18.2 Å². The SMILES string of the molecule is CC(C)[C@H](N)C(=O)NCC(=O)Nc1cc(F)ccc1OCC(F)(F)F.Cl. The van der Waals surface area contributed by atoms with E-state index in [1.54, 1.807) is 13.8 Å². The Balaban J connectivity index is 0.00000625. The molecule has 148 valence electrons. The third kappa shape index (κ3) is 8.34. The maximum Gasteiger partial charge on any atom is 0.422 e. The highest BCUT2D eigenvalue weighted by Gasteiger charge is 2.29. The molecule has 0 radical (unpaired) electrons. The van der Waals surface area contributed by atoms with E-state index in [0.717, 1.165) is 18.2 Å². The second-order valence-electron chi connectivity index (χ2n) is 5.58. The van der Waals surface area contributed by atoms with E-state index in [9.17, 15) is 27.2 Å². The molecule has 2 amide bonds. The quantitative estimate of drug-likeness (QED) is 0.611. The molecule has 0 saturated heterocycles. The molecule has 1 rings (SSSR count). The highest BCUT2D eigenvalue weighted by molar-refractivity contribution is 5.96. The number of carbonyl (C=O) groups excluding carboxylic acids is 2. The van der Waals surface area contributed by atoms with E-state index >= 15 is 0 Å². The number of hydrogen-bond acceptors (Lipinski definition) is 4. The van der Waals surface area contributed by atoms with Crippen molar-refractivity contribution < 1.29 is 31.9 Å². The topological polar surface area (TPSA) is 93.5 Å². The zero-order valence-corrected chi connectivity index (χ0v) is 14.8. The average molecular weight is 402 g/mol. The number of anilines is 1. The Kier molecular flexibility index (Phi) is 9.36. The van der Waals surface area contributed by atoms with Gasteiger partial charge in [-0.05, 0) is 18.1 Å². The highest BCUT2D eigenvalue weighted by atomic mass is 35.5. The van der Waals surface area contributed by atoms with Gasteiger partial charge in [-0.15, -0.1) is 12.4 Å². The number of nitrogens with one attached hydrogen (secondary N) is 2. The lowest BCUT2D eigenvalue weighted by atomic mass is 10.1. The molecule has 0 aliphatic heterocycles. The van der Waals surface area contributed by atoms with Crippen molar-refractivity contribution in [3.63, 3.8) is 0 Å².